The molecule has 0 bridgehead atoms. The number of carbonyl (C=O) groups excluding carboxylic acids is 1. The zero-order valence-electron chi connectivity index (χ0n) is 11.7. The van der Waals surface area contributed by atoms with E-state index in [-0.39, 0.29) is 5.91 Å². The highest BCUT2D eigenvalue weighted by Crippen LogP contribution is 2.28. The van der Waals surface area contributed by atoms with Crippen molar-refractivity contribution >= 4 is 5.91 Å². The van der Waals surface area contributed by atoms with Gasteiger partial charge in [0, 0.05) is 13.0 Å². The van der Waals surface area contributed by atoms with Gasteiger partial charge in [-0.05, 0) is 56.5 Å². The number of carbonyl (C=O) groups is 1. The minimum atomic E-state index is 0.278. The molecule has 1 saturated heterocycles. The SMILES string of the molecule is CC1CCCC(CNC(=O)CC2CCNCC2)C1. The van der Waals surface area contributed by atoms with Gasteiger partial charge in [0.05, 0.1) is 0 Å². The molecule has 1 aliphatic heterocycles. The van der Waals surface area contributed by atoms with Gasteiger partial charge in [-0.3, -0.25) is 4.79 Å². The maximum absolute atomic E-state index is 11.9. The summed E-state index contributed by atoms with van der Waals surface area (Å²) in [4.78, 5) is 11.9. The third-order valence-corrected chi connectivity index (χ3v) is 4.57. The monoisotopic (exact) mass is 252 g/mol. The topological polar surface area (TPSA) is 41.1 Å². The van der Waals surface area contributed by atoms with E-state index in [1.807, 2.05) is 0 Å². The molecular weight excluding hydrogens is 224 g/mol. The summed E-state index contributed by atoms with van der Waals surface area (Å²) < 4.78 is 0. The molecule has 2 rings (SSSR count). The lowest BCUT2D eigenvalue weighted by molar-refractivity contribution is -0.122. The van der Waals surface area contributed by atoms with E-state index in [4.69, 9.17) is 0 Å². The highest BCUT2D eigenvalue weighted by Gasteiger charge is 2.20. The third kappa shape index (κ3) is 4.60. The van der Waals surface area contributed by atoms with E-state index in [1.54, 1.807) is 0 Å². The first-order chi connectivity index (χ1) is 8.74. The summed E-state index contributed by atoms with van der Waals surface area (Å²) >= 11 is 0. The lowest BCUT2D eigenvalue weighted by atomic mass is 9.82. The van der Waals surface area contributed by atoms with Gasteiger partial charge < -0.3 is 10.6 Å². The maximum Gasteiger partial charge on any atom is 0.220 e. The van der Waals surface area contributed by atoms with Crippen molar-refractivity contribution in [2.24, 2.45) is 17.8 Å². The molecular formula is C15H28N2O. The van der Waals surface area contributed by atoms with Crippen LogP contribution in [0.2, 0.25) is 0 Å². The number of hydrogen-bond donors (Lipinski definition) is 2. The number of hydrogen-bond acceptors (Lipinski definition) is 2. The van der Waals surface area contributed by atoms with Crippen LogP contribution in [0.25, 0.3) is 0 Å². The van der Waals surface area contributed by atoms with Gasteiger partial charge in [-0.1, -0.05) is 19.8 Å². The first-order valence-corrected chi connectivity index (χ1v) is 7.71. The molecule has 0 aromatic rings. The van der Waals surface area contributed by atoms with E-state index >= 15 is 0 Å². The highest BCUT2D eigenvalue weighted by atomic mass is 16.1. The Morgan fingerprint density at radius 3 is 2.67 bits per heavy atom. The summed E-state index contributed by atoms with van der Waals surface area (Å²) in [5.74, 6) is 2.47. The van der Waals surface area contributed by atoms with Gasteiger partial charge in [0.15, 0.2) is 0 Å². The van der Waals surface area contributed by atoms with E-state index in [0.717, 1.165) is 50.7 Å². The molecule has 2 N–H and O–H groups in total. The Hall–Kier alpha value is -0.570. The Kier molecular flexibility index (Phi) is 5.48. The van der Waals surface area contributed by atoms with E-state index in [2.05, 4.69) is 17.6 Å². The van der Waals surface area contributed by atoms with Gasteiger partial charge in [-0.25, -0.2) is 0 Å². The Bertz CT molecular complexity index is 261. The van der Waals surface area contributed by atoms with E-state index in [0.29, 0.717) is 5.92 Å². The maximum atomic E-state index is 11.9. The van der Waals surface area contributed by atoms with Crippen molar-refractivity contribution in [1.82, 2.24) is 10.6 Å². The summed E-state index contributed by atoms with van der Waals surface area (Å²) in [6.07, 6.45) is 8.38. The van der Waals surface area contributed by atoms with Crippen molar-refractivity contribution < 1.29 is 4.79 Å². The normalized spacial score (nSPS) is 30.1. The molecule has 1 aliphatic carbocycles. The first-order valence-electron chi connectivity index (χ1n) is 7.71. The predicted molar refractivity (Wildman–Crippen MR) is 74.3 cm³/mol. The molecule has 18 heavy (non-hydrogen) atoms. The van der Waals surface area contributed by atoms with Crippen molar-refractivity contribution in [3.63, 3.8) is 0 Å². The minimum absolute atomic E-state index is 0.278. The average Bonchev–Trinajstić information content (AvgIpc) is 2.38. The predicted octanol–water partition coefficient (Wildman–Crippen LogP) is 2.32. The molecule has 0 aromatic heterocycles. The molecule has 3 nitrogen and oxygen atoms in total. The van der Waals surface area contributed by atoms with Crippen LogP contribution in [0.1, 0.15) is 51.9 Å². The summed E-state index contributed by atoms with van der Waals surface area (Å²) in [5, 5.41) is 6.51. The molecule has 1 heterocycles. The largest absolute Gasteiger partial charge is 0.356 e. The van der Waals surface area contributed by atoms with Crippen LogP contribution in [0.4, 0.5) is 0 Å². The number of piperidine rings is 1. The summed E-state index contributed by atoms with van der Waals surface area (Å²) in [6.45, 7) is 5.41. The van der Waals surface area contributed by atoms with Gasteiger partial charge in [0.25, 0.3) is 0 Å². The van der Waals surface area contributed by atoms with Crippen LogP contribution in [-0.4, -0.2) is 25.5 Å². The second-order valence-corrected chi connectivity index (χ2v) is 6.34. The van der Waals surface area contributed by atoms with Crippen LogP contribution in [0, 0.1) is 17.8 Å². The van der Waals surface area contributed by atoms with Crippen molar-refractivity contribution in [2.45, 2.75) is 51.9 Å². The molecule has 3 heteroatoms. The zero-order chi connectivity index (χ0) is 12.8. The zero-order valence-corrected chi connectivity index (χ0v) is 11.7. The van der Waals surface area contributed by atoms with E-state index in [9.17, 15) is 4.79 Å². The lowest BCUT2D eigenvalue weighted by Gasteiger charge is -2.27. The smallest absolute Gasteiger partial charge is 0.220 e. The van der Waals surface area contributed by atoms with Crippen LogP contribution in [-0.2, 0) is 4.79 Å². The minimum Gasteiger partial charge on any atom is -0.356 e. The van der Waals surface area contributed by atoms with E-state index < -0.39 is 0 Å². The van der Waals surface area contributed by atoms with Crippen molar-refractivity contribution in [3.05, 3.63) is 0 Å². The molecule has 2 fully saturated rings. The van der Waals surface area contributed by atoms with Gasteiger partial charge in [0.2, 0.25) is 5.91 Å². The number of nitrogens with one attached hydrogen (secondary N) is 2. The van der Waals surface area contributed by atoms with Crippen LogP contribution in [0.15, 0.2) is 0 Å². The number of rotatable bonds is 4. The summed E-state index contributed by atoms with van der Waals surface area (Å²) in [7, 11) is 0. The fraction of sp³-hybridized carbons (Fsp3) is 0.933. The molecule has 0 spiro atoms. The van der Waals surface area contributed by atoms with Gasteiger partial charge in [0.1, 0.15) is 0 Å². The van der Waals surface area contributed by atoms with Crippen LogP contribution < -0.4 is 10.6 Å². The Morgan fingerprint density at radius 2 is 1.94 bits per heavy atom. The Morgan fingerprint density at radius 1 is 1.17 bits per heavy atom. The second kappa shape index (κ2) is 7.13. The van der Waals surface area contributed by atoms with Crippen LogP contribution in [0.5, 0.6) is 0 Å². The summed E-state index contributed by atoms with van der Waals surface area (Å²) in [6, 6.07) is 0. The van der Waals surface area contributed by atoms with E-state index in [1.165, 1.54) is 25.7 Å². The molecule has 2 unspecified atom stereocenters. The second-order valence-electron chi connectivity index (χ2n) is 6.34. The highest BCUT2D eigenvalue weighted by molar-refractivity contribution is 5.76. The number of amides is 1. The standard InChI is InChI=1S/C15H28N2O/c1-12-3-2-4-14(9-12)11-17-15(18)10-13-5-7-16-8-6-13/h12-14,16H,2-11H2,1H3,(H,17,18). The van der Waals surface area contributed by atoms with Crippen molar-refractivity contribution in [1.29, 1.82) is 0 Å². The molecule has 1 saturated carbocycles. The Balaban J connectivity index is 1.61. The molecule has 0 radical (unpaired) electrons. The first kappa shape index (κ1) is 13.9. The Labute approximate surface area is 111 Å². The fourth-order valence-electron chi connectivity index (χ4n) is 3.42. The fourth-order valence-corrected chi connectivity index (χ4v) is 3.42. The van der Waals surface area contributed by atoms with Crippen LogP contribution >= 0.6 is 0 Å². The quantitative estimate of drug-likeness (QED) is 0.806. The molecule has 104 valence electrons. The van der Waals surface area contributed by atoms with Gasteiger partial charge in [-0.15, -0.1) is 0 Å². The van der Waals surface area contributed by atoms with Gasteiger partial charge in [-0.2, -0.15) is 0 Å². The average molecular weight is 252 g/mol. The lowest BCUT2D eigenvalue weighted by Crippen LogP contribution is -2.35. The van der Waals surface area contributed by atoms with Crippen molar-refractivity contribution in [3.8, 4) is 0 Å². The van der Waals surface area contributed by atoms with Gasteiger partial charge >= 0.3 is 0 Å². The van der Waals surface area contributed by atoms with Crippen LogP contribution in [0.3, 0.4) is 0 Å². The molecule has 2 aliphatic rings. The van der Waals surface area contributed by atoms with Crippen molar-refractivity contribution in [2.75, 3.05) is 19.6 Å². The summed E-state index contributed by atoms with van der Waals surface area (Å²) in [5.41, 5.74) is 0. The third-order valence-electron chi connectivity index (χ3n) is 4.57. The molecule has 0 aromatic carbocycles. The molecule has 2 atom stereocenters. The molecule has 1 amide bonds.